The fraction of sp³-hybridized carbons (Fsp3) is 0. The molecule has 20 heavy (non-hydrogen) atoms. The molecule has 0 saturated carbocycles. The Morgan fingerprint density at radius 3 is 2.75 bits per heavy atom. The van der Waals surface area contributed by atoms with Crippen molar-refractivity contribution in [3.05, 3.63) is 70.2 Å². The van der Waals surface area contributed by atoms with Crippen LogP contribution in [0.15, 0.2) is 53.1 Å². The summed E-state index contributed by atoms with van der Waals surface area (Å²) in [6.07, 6.45) is 5.18. The van der Waals surface area contributed by atoms with E-state index in [1.807, 2.05) is 30.3 Å². The van der Waals surface area contributed by atoms with Gasteiger partial charge in [-0.1, -0.05) is 24.3 Å². The maximum absolute atomic E-state index is 10.5. The van der Waals surface area contributed by atoms with Crippen molar-refractivity contribution in [2.75, 3.05) is 0 Å². The molecule has 0 atom stereocenters. The molecule has 3 aromatic rings. The van der Waals surface area contributed by atoms with Crippen molar-refractivity contribution in [3.63, 3.8) is 0 Å². The number of pyridine rings is 1. The summed E-state index contributed by atoms with van der Waals surface area (Å²) in [7, 11) is 0. The lowest BCUT2D eigenvalue weighted by Crippen LogP contribution is -1.83. The molecule has 1 aromatic carbocycles. The third-order valence-electron chi connectivity index (χ3n) is 2.90. The van der Waals surface area contributed by atoms with Crippen LogP contribution in [-0.4, -0.2) is 9.91 Å². The highest BCUT2D eigenvalue weighted by molar-refractivity contribution is 5.90. The second-order valence-electron chi connectivity index (χ2n) is 4.18. The number of fused-ring (bicyclic) bond motifs is 1. The summed E-state index contributed by atoms with van der Waals surface area (Å²) in [5.41, 5.74) is 0.794. The number of aromatic nitrogens is 1. The maximum Gasteiger partial charge on any atom is 0.433 e. The standard InChI is InChI=1S/C15H10N2O3/c18-17(19)15-8-6-12(20-15)5-7-14-13-4-2-1-3-11(13)9-10-16-14/h1-10H. The predicted octanol–water partition coefficient (Wildman–Crippen LogP) is 3.91. The predicted molar refractivity (Wildman–Crippen MR) is 76.0 cm³/mol. The van der Waals surface area contributed by atoms with Gasteiger partial charge in [0.25, 0.3) is 0 Å². The average molecular weight is 266 g/mol. The summed E-state index contributed by atoms with van der Waals surface area (Å²) in [6, 6.07) is 12.7. The van der Waals surface area contributed by atoms with E-state index in [1.165, 1.54) is 6.07 Å². The van der Waals surface area contributed by atoms with Crippen LogP contribution in [0.3, 0.4) is 0 Å². The molecule has 2 aromatic heterocycles. The van der Waals surface area contributed by atoms with Gasteiger partial charge in [0.15, 0.2) is 0 Å². The fourth-order valence-electron chi connectivity index (χ4n) is 1.97. The first-order valence-electron chi connectivity index (χ1n) is 6.00. The smallest absolute Gasteiger partial charge is 0.401 e. The van der Waals surface area contributed by atoms with Crippen LogP contribution in [-0.2, 0) is 0 Å². The summed E-state index contributed by atoms with van der Waals surface area (Å²) in [6.45, 7) is 0. The molecule has 0 amide bonds. The van der Waals surface area contributed by atoms with Gasteiger partial charge in [0.1, 0.15) is 10.7 Å². The van der Waals surface area contributed by atoms with Crippen LogP contribution in [0.5, 0.6) is 0 Å². The lowest BCUT2D eigenvalue weighted by molar-refractivity contribution is -0.402. The van der Waals surface area contributed by atoms with E-state index >= 15 is 0 Å². The van der Waals surface area contributed by atoms with Crippen LogP contribution >= 0.6 is 0 Å². The molecular weight excluding hydrogens is 256 g/mol. The SMILES string of the molecule is O=[N+]([O-])c1ccc(C=Cc2nccc3ccccc23)o1. The van der Waals surface area contributed by atoms with Gasteiger partial charge in [0.2, 0.25) is 0 Å². The van der Waals surface area contributed by atoms with Crippen LogP contribution in [0.2, 0.25) is 0 Å². The molecule has 0 fully saturated rings. The van der Waals surface area contributed by atoms with Crippen LogP contribution < -0.4 is 0 Å². The molecule has 0 spiro atoms. The Labute approximate surface area is 114 Å². The van der Waals surface area contributed by atoms with Crippen LogP contribution in [0, 0.1) is 10.1 Å². The van der Waals surface area contributed by atoms with E-state index in [2.05, 4.69) is 4.98 Å². The van der Waals surface area contributed by atoms with Crippen LogP contribution in [0.25, 0.3) is 22.9 Å². The van der Waals surface area contributed by atoms with Crippen molar-refractivity contribution in [2.24, 2.45) is 0 Å². The number of nitrogens with zero attached hydrogens (tertiary/aromatic N) is 2. The number of furan rings is 1. The Morgan fingerprint density at radius 1 is 1.10 bits per heavy atom. The molecule has 0 aliphatic carbocycles. The van der Waals surface area contributed by atoms with Crippen molar-refractivity contribution >= 4 is 28.8 Å². The summed E-state index contributed by atoms with van der Waals surface area (Å²) < 4.78 is 5.07. The first-order valence-corrected chi connectivity index (χ1v) is 6.00. The lowest BCUT2D eigenvalue weighted by atomic mass is 10.1. The lowest BCUT2D eigenvalue weighted by Gasteiger charge is -1.99. The Morgan fingerprint density at radius 2 is 1.95 bits per heavy atom. The monoisotopic (exact) mass is 266 g/mol. The Balaban J connectivity index is 1.96. The minimum absolute atomic E-state index is 0.268. The highest BCUT2D eigenvalue weighted by Crippen LogP contribution is 2.20. The summed E-state index contributed by atoms with van der Waals surface area (Å²) in [5, 5.41) is 12.6. The van der Waals surface area contributed by atoms with Gasteiger partial charge in [-0.25, -0.2) is 0 Å². The largest absolute Gasteiger partial charge is 0.433 e. The summed E-state index contributed by atoms with van der Waals surface area (Å²) >= 11 is 0. The highest BCUT2D eigenvalue weighted by Gasteiger charge is 2.09. The molecule has 98 valence electrons. The number of rotatable bonds is 3. The van der Waals surface area contributed by atoms with Gasteiger partial charge in [0, 0.05) is 11.6 Å². The van der Waals surface area contributed by atoms with Crippen molar-refractivity contribution < 1.29 is 9.34 Å². The van der Waals surface area contributed by atoms with Gasteiger partial charge in [-0.05, 0) is 29.7 Å². The van der Waals surface area contributed by atoms with E-state index in [1.54, 1.807) is 24.4 Å². The van der Waals surface area contributed by atoms with Crippen molar-refractivity contribution in [1.82, 2.24) is 4.98 Å². The van der Waals surface area contributed by atoms with E-state index in [-0.39, 0.29) is 5.88 Å². The number of hydrogen-bond donors (Lipinski definition) is 0. The fourth-order valence-corrected chi connectivity index (χ4v) is 1.97. The third-order valence-corrected chi connectivity index (χ3v) is 2.90. The quantitative estimate of drug-likeness (QED) is 0.532. The van der Waals surface area contributed by atoms with Gasteiger partial charge in [0.05, 0.1) is 11.8 Å². The molecule has 5 nitrogen and oxygen atoms in total. The Hall–Kier alpha value is -2.95. The first kappa shape index (κ1) is 12.1. The molecule has 0 unspecified atom stereocenters. The van der Waals surface area contributed by atoms with Gasteiger partial charge in [-0.15, -0.1) is 0 Å². The zero-order valence-electron chi connectivity index (χ0n) is 10.4. The summed E-state index contributed by atoms with van der Waals surface area (Å²) in [4.78, 5) is 14.3. The molecule has 0 N–H and O–H groups in total. The van der Waals surface area contributed by atoms with Gasteiger partial charge < -0.3 is 4.42 Å². The van der Waals surface area contributed by atoms with E-state index in [0.717, 1.165) is 16.5 Å². The second-order valence-corrected chi connectivity index (χ2v) is 4.18. The molecule has 0 aliphatic heterocycles. The molecule has 2 heterocycles. The van der Waals surface area contributed by atoms with Gasteiger partial charge in [-0.2, -0.15) is 0 Å². The third kappa shape index (κ3) is 2.29. The zero-order chi connectivity index (χ0) is 13.9. The van der Waals surface area contributed by atoms with E-state index in [9.17, 15) is 10.1 Å². The Kier molecular flexibility index (Phi) is 3.01. The minimum Gasteiger partial charge on any atom is -0.401 e. The minimum atomic E-state index is -0.562. The molecule has 5 heteroatoms. The number of hydrogen-bond acceptors (Lipinski definition) is 4. The van der Waals surface area contributed by atoms with E-state index in [0.29, 0.717) is 5.76 Å². The average Bonchev–Trinajstić information content (AvgIpc) is 2.94. The van der Waals surface area contributed by atoms with E-state index < -0.39 is 4.92 Å². The van der Waals surface area contributed by atoms with Crippen molar-refractivity contribution in [1.29, 1.82) is 0 Å². The van der Waals surface area contributed by atoms with Gasteiger partial charge in [-0.3, -0.25) is 15.1 Å². The van der Waals surface area contributed by atoms with Crippen LogP contribution in [0.4, 0.5) is 5.88 Å². The van der Waals surface area contributed by atoms with Crippen molar-refractivity contribution in [3.8, 4) is 0 Å². The normalized spacial score (nSPS) is 11.2. The summed E-state index contributed by atoms with van der Waals surface area (Å²) in [5.74, 6) is 0.155. The topological polar surface area (TPSA) is 69.2 Å². The zero-order valence-corrected chi connectivity index (χ0v) is 10.4. The second kappa shape index (κ2) is 4.97. The van der Waals surface area contributed by atoms with Gasteiger partial charge >= 0.3 is 5.88 Å². The molecular formula is C15H10N2O3. The molecule has 0 radical (unpaired) electrons. The molecule has 0 aliphatic rings. The van der Waals surface area contributed by atoms with Crippen LogP contribution in [0.1, 0.15) is 11.5 Å². The van der Waals surface area contributed by atoms with E-state index in [4.69, 9.17) is 4.42 Å². The molecule has 0 saturated heterocycles. The first-order chi connectivity index (χ1) is 9.74. The van der Waals surface area contributed by atoms with Crippen molar-refractivity contribution in [2.45, 2.75) is 0 Å². The molecule has 3 rings (SSSR count). The number of benzene rings is 1. The highest BCUT2D eigenvalue weighted by atomic mass is 16.6. The molecule has 0 bridgehead atoms. The maximum atomic E-state index is 10.5. The number of nitro groups is 1. The Bertz CT molecular complexity index is 800.